The highest BCUT2D eigenvalue weighted by molar-refractivity contribution is 9.10. The van der Waals surface area contributed by atoms with Crippen LogP contribution in [0.2, 0.25) is 0 Å². The predicted octanol–water partition coefficient (Wildman–Crippen LogP) is 1.83. The van der Waals surface area contributed by atoms with Gasteiger partial charge in [0.25, 0.3) is 0 Å². The van der Waals surface area contributed by atoms with Crippen LogP contribution in [0.1, 0.15) is 19.8 Å². The van der Waals surface area contributed by atoms with Crippen LogP contribution in [0.5, 0.6) is 5.88 Å². The quantitative estimate of drug-likeness (QED) is 0.898. The second-order valence-corrected chi connectivity index (χ2v) is 5.22. The maximum Gasteiger partial charge on any atom is 0.232 e. The molecule has 0 radical (unpaired) electrons. The van der Waals surface area contributed by atoms with E-state index in [1.54, 1.807) is 13.3 Å². The monoisotopic (exact) mass is 314 g/mol. The minimum absolute atomic E-state index is 0.482. The molecule has 1 fully saturated rings. The molecule has 0 aromatic carbocycles. The van der Waals surface area contributed by atoms with Crippen molar-refractivity contribution in [1.29, 1.82) is 0 Å². The molecule has 1 unspecified atom stereocenters. The zero-order valence-electron chi connectivity index (χ0n) is 10.8. The molecule has 0 saturated carbocycles. The molecule has 100 valence electrons. The number of nitrogens with zero attached hydrogens (tertiary/aromatic N) is 3. The fourth-order valence-corrected chi connectivity index (χ4v) is 2.57. The predicted molar refractivity (Wildman–Crippen MR) is 75.2 cm³/mol. The van der Waals surface area contributed by atoms with Crippen molar-refractivity contribution in [3.63, 3.8) is 0 Å². The first-order valence-corrected chi connectivity index (χ1v) is 7.09. The molecule has 1 saturated heterocycles. The van der Waals surface area contributed by atoms with Crippen molar-refractivity contribution in [2.45, 2.75) is 25.8 Å². The Morgan fingerprint density at radius 3 is 3.06 bits per heavy atom. The van der Waals surface area contributed by atoms with Crippen molar-refractivity contribution >= 4 is 21.9 Å². The van der Waals surface area contributed by atoms with Crippen molar-refractivity contribution in [2.75, 3.05) is 31.6 Å². The number of methoxy groups -OCH3 is 1. The Bertz CT molecular complexity index is 396. The fourth-order valence-electron chi connectivity index (χ4n) is 2.22. The van der Waals surface area contributed by atoms with Crippen LogP contribution in [-0.2, 0) is 0 Å². The normalized spacial score (nSPS) is 18.9. The van der Waals surface area contributed by atoms with Crippen molar-refractivity contribution in [1.82, 2.24) is 15.3 Å². The summed E-state index contributed by atoms with van der Waals surface area (Å²) in [6.45, 7) is 5.21. The lowest BCUT2D eigenvalue weighted by Gasteiger charge is -2.28. The number of halogens is 1. The number of nitrogens with one attached hydrogen (secondary N) is 1. The van der Waals surface area contributed by atoms with Crippen molar-refractivity contribution in [2.24, 2.45) is 0 Å². The molecule has 0 aliphatic carbocycles. The first-order chi connectivity index (χ1) is 8.76. The molecule has 0 spiro atoms. The topological polar surface area (TPSA) is 50.3 Å². The molecule has 1 aliphatic rings. The summed E-state index contributed by atoms with van der Waals surface area (Å²) in [5.41, 5.74) is 0. The van der Waals surface area contributed by atoms with E-state index in [0.29, 0.717) is 11.9 Å². The van der Waals surface area contributed by atoms with Crippen LogP contribution in [0.4, 0.5) is 5.95 Å². The Balaban J connectivity index is 2.23. The average molecular weight is 315 g/mol. The van der Waals surface area contributed by atoms with Gasteiger partial charge in [-0.25, -0.2) is 4.98 Å². The van der Waals surface area contributed by atoms with Crippen LogP contribution in [0.25, 0.3) is 0 Å². The fraction of sp³-hybridized carbons (Fsp3) is 0.667. The van der Waals surface area contributed by atoms with E-state index < -0.39 is 0 Å². The summed E-state index contributed by atoms with van der Waals surface area (Å²) in [6, 6.07) is 0.482. The lowest BCUT2D eigenvalue weighted by Crippen LogP contribution is -2.38. The van der Waals surface area contributed by atoms with E-state index in [2.05, 4.69) is 43.0 Å². The number of ether oxygens (including phenoxy) is 1. The third kappa shape index (κ3) is 2.92. The second-order valence-electron chi connectivity index (χ2n) is 4.37. The Kier molecular flexibility index (Phi) is 4.77. The van der Waals surface area contributed by atoms with Crippen molar-refractivity contribution < 1.29 is 4.74 Å². The SMILES string of the molecule is CCCN(c1ncc(Br)c(OC)n1)C1CCNC1. The Morgan fingerprint density at radius 1 is 1.61 bits per heavy atom. The molecule has 1 atom stereocenters. The molecule has 2 heterocycles. The van der Waals surface area contributed by atoms with Crippen LogP contribution in [0.3, 0.4) is 0 Å². The zero-order valence-corrected chi connectivity index (χ0v) is 12.4. The lowest BCUT2D eigenvalue weighted by molar-refractivity contribution is 0.393. The average Bonchev–Trinajstić information content (AvgIpc) is 2.90. The smallest absolute Gasteiger partial charge is 0.232 e. The highest BCUT2D eigenvalue weighted by atomic mass is 79.9. The molecule has 0 bridgehead atoms. The van der Waals surface area contributed by atoms with E-state index in [9.17, 15) is 0 Å². The standard InChI is InChI=1S/C12H19BrN4O/c1-3-6-17(9-4-5-14-7-9)12-15-8-10(13)11(16-12)18-2/h8-9,14H,3-7H2,1-2H3. The minimum Gasteiger partial charge on any atom is -0.480 e. The van der Waals surface area contributed by atoms with Gasteiger partial charge in [-0.05, 0) is 35.3 Å². The molecular weight excluding hydrogens is 296 g/mol. The van der Waals surface area contributed by atoms with Crippen molar-refractivity contribution in [3.8, 4) is 5.88 Å². The van der Waals surface area contributed by atoms with E-state index in [1.807, 2.05) is 0 Å². The number of anilines is 1. The van der Waals surface area contributed by atoms with Crippen LogP contribution in [-0.4, -0.2) is 42.8 Å². The van der Waals surface area contributed by atoms with Crippen LogP contribution >= 0.6 is 15.9 Å². The minimum atomic E-state index is 0.482. The van der Waals surface area contributed by atoms with Gasteiger partial charge in [0, 0.05) is 19.1 Å². The van der Waals surface area contributed by atoms with E-state index in [1.165, 1.54) is 0 Å². The number of rotatable bonds is 5. The van der Waals surface area contributed by atoms with Gasteiger partial charge in [0.05, 0.1) is 17.8 Å². The summed E-state index contributed by atoms with van der Waals surface area (Å²) in [5, 5.41) is 3.38. The van der Waals surface area contributed by atoms with Gasteiger partial charge in [0.2, 0.25) is 11.8 Å². The number of aromatic nitrogens is 2. The Labute approximate surface area is 116 Å². The summed E-state index contributed by atoms with van der Waals surface area (Å²) in [7, 11) is 1.62. The molecule has 2 rings (SSSR count). The Morgan fingerprint density at radius 2 is 2.44 bits per heavy atom. The van der Waals surface area contributed by atoms with Gasteiger partial charge in [0.15, 0.2) is 0 Å². The highest BCUT2D eigenvalue weighted by Gasteiger charge is 2.24. The first kappa shape index (κ1) is 13.5. The summed E-state index contributed by atoms with van der Waals surface area (Å²) in [4.78, 5) is 11.2. The molecular formula is C12H19BrN4O. The van der Waals surface area contributed by atoms with E-state index in [4.69, 9.17) is 4.74 Å². The molecule has 5 nitrogen and oxygen atoms in total. The Hall–Kier alpha value is -0.880. The van der Waals surface area contributed by atoms with Gasteiger partial charge in [0.1, 0.15) is 0 Å². The molecule has 1 aromatic rings. The summed E-state index contributed by atoms with van der Waals surface area (Å²) >= 11 is 3.38. The highest BCUT2D eigenvalue weighted by Crippen LogP contribution is 2.25. The van der Waals surface area contributed by atoms with Gasteiger partial charge in [-0.1, -0.05) is 6.92 Å². The maximum atomic E-state index is 5.24. The van der Waals surface area contributed by atoms with Gasteiger partial charge in [-0.3, -0.25) is 0 Å². The summed E-state index contributed by atoms with van der Waals surface area (Å²) < 4.78 is 6.02. The van der Waals surface area contributed by atoms with Crippen LogP contribution in [0, 0.1) is 0 Å². The molecule has 1 N–H and O–H groups in total. The maximum absolute atomic E-state index is 5.24. The van der Waals surface area contributed by atoms with Gasteiger partial charge >= 0.3 is 0 Å². The molecule has 6 heteroatoms. The first-order valence-electron chi connectivity index (χ1n) is 6.30. The largest absolute Gasteiger partial charge is 0.480 e. The summed E-state index contributed by atoms with van der Waals surface area (Å²) in [6.07, 6.45) is 3.98. The van der Waals surface area contributed by atoms with E-state index >= 15 is 0 Å². The third-order valence-corrected chi connectivity index (χ3v) is 3.63. The number of hydrogen-bond donors (Lipinski definition) is 1. The molecule has 1 aromatic heterocycles. The van der Waals surface area contributed by atoms with Gasteiger partial charge in [-0.2, -0.15) is 4.98 Å². The molecule has 18 heavy (non-hydrogen) atoms. The van der Waals surface area contributed by atoms with E-state index in [-0.39, 0.29) is 0 Å². The zero-order chi connectivity index (χ0) is 13.0. The van der Waals surface area contributed by atoms with Crippen LogP contribution in [0.15, 0.2) is 10.7 Å². The summed E-state index contributed by atoms with van der Waals surface area (Å²) in [5.74, 6) is 1.35. The second kappa shape index (κ2) is 6.33. The number of hydrogen-bond acceptors (Lipinski definition) is 5. The van der Waals surface area contributed by atoms with Gasteiger partial charge < -0.3 is 15.0 Å². The lowest BCUT2D eigenvalue weighted by atomic mass is 10.2. The van der Waals surface area contributed by atoms with E-state index in [0.717, 1.165) is 42.9 Å². The molecule has 1 aliphatic heterocycles. The van der Waals surface area contributed by atoms with Crippen molar-refractivity contribution in [3.05, 3.63) is 10.7 Å². The third-order valence-electron chi connectivity index (χ3n) is 3.09. The molecule has 0 amide bonds. The van der Waals surface area contributed by atoms with Crippen LogP contribution < -0.4 is 15.0 Å². The van der Waals surface area contributed by atoms with Gasteiger partial charge in [-0.15, -0.1) is 0 Å².